The Morgan fingerprint density at radius 3 is 2.50 bits per heavy atom. The highest BCUT2D eigenvalue weighted by Gasteiger charge is 2.20. The number of ether oxygens (including phenoxy) is 1. The van der Waals surface area contributed by atoms with E-state index in [4.69, 9.17) is 4.74 Å². The van der Waals surface area contributed by atoms with Crippen molar-refractivity contribution in [1.82, 2.24) is 5.32 Å². The van der Waals surface area contributed by atoms with Crippen LogP contribution in [0.1, 0.15) is 55.8 Å². The topological polar surface area (TPSA) is 38.3 Å². The average molecular weight is 355 g/mol. The van der Waals surface area contributed by atoms with E-state index in [1.54, 1.807) is 6.92 Å². The first kappa shape index (κ1) is 18.4. The van der Waals surface area contributed by atoms with E-state index in [0.717, 1.165) is 24.8 Å². The summed E-state index contributed by atoms with van der Waals surface area (Å²) >= 11 is 0. The van der Waals surface area contributed by atoms with Gasteiger partial charge < -0.3 is 10.1 Å². The van der Waals surface area contributed by atoms with Crippen LogP contribution in [0.3, 0.4) is 0 Å². The third-order valence-corrected chi connectivity index (χ3v) is 5.00. The lowest BCUT2D eigenvalue weighted by atomic mass is 9.89. The number of halogens is 1. The number of hydrogen-bond donors (Lipinski definition) is 1. The first-order valence-electron chi connectivity index (χ1n) is 9.41. The summed E-state index contributed by atoms with van der Waals surface area (Å²) in [5, 5.41) is 3.08. The fourth-order valence-electron chi connectivity index (χ4n) is 3.45. The van der Waals surface area contributed by atoms with Gasteiger partial charge in [-0.1, -0.05) is 25.1 Å². The molecule has 1 aliphatic rings. The molecule has 0 saturated carbocycles. The second-order valence-corrected chi connectivity index (χ2v) is 6.92. The molecule has 3 rings (SSSR count). The van der Waals surface area contributed by atoms with Crippen molar-refractivity contribution in [2.24, 2.45) is 0 Å². The van der Waals surface area contributed by atoms with Crippen LogP contribution in [0.2, 0.25) is 0 Å². The molecule has 0 unspecified atom stereocenters. The van der Waals surface area contributed by atoms with Gasteiger partial charge in [0.1, 0.15) is 11.6 Å². The SMILES string of the molecule is CC[C@@H](NC(=O)[C@H](C)Oc1ccc(F)cc1)c1ccc2c(c1)CCCC2. The van der Waals surface area contributed by atoms with Gasteiger partial charge in [-0.3, -0.25) is 4.79 Å². The maximum Gasteiger partial charge on any atom is 0.261 e. The van der Waals surface area contributed by atoms with Crippen molar-refractivity contribution in [2.75, 3.05) is 0 Å². The zero-order chi connectivity index (χ0) is 18.5. The normalized spacial score (nSPS) is 15.7. The first-order chi connectivity index (χ1) is 12.6. The zero-order valence-electron chi connectivity index (χ0n) is 15.4. The van der Waals surface area contributed by atoms with Gasteiger partial charge in [0, 0.05) is 0 Å². The molecule has 2 aromatic rings. The number of rotatable bonds is 6. The van der Waals surface area contributed by atoms with E-state index >= 15 is 0 Å². The predicted octanol–water partition coefficient (Wildman–Crippen LogP) is 4.74. The number of fused-ring (bicyclic) bond motifs is 1. The fraction of sp³-hybridized carbons (Fsp3) is 0.409. The molecular weight excluding hydrogens is 329 g/mol. The van der Waals surface area contributed by atoms with E-state index in [1.807, 2.05) is 0 Å². The zero-order valence-corrected chi connectivity index (χ0v) is 15.4. The average Bonchev–Trinajstić information content (AvgIpc) is 2.67. The van der Waals surface area contributed by atoms with E-state index in [9.17, 15) is 9.18 Å². The summed E-state index contributed by atoms with van der Waals surface area (Å²) in [5.74, 6) is -0.0114. The Balaban J connectivity index is 1.65. The minimum Gasteiger partial charge on any atom is -0.481 e. The maximum atomic E-state index is 13.0. The van der Waals surface area contributed by atoms with Crippen LogP contribution in [0.5, 0.6) is 5.75 Å². The van der Waals surface area contributed by atoms with Gasteiger partial charge in [0.2, 0.25) is 0 Å². The first-order valence-corrected chi connectivity index (χ1v) is 9.41. The molecule has 1 amide bonds. The Morgan fingerprint density at radius 1 is 1.12 bits per heavy atom. The maximum absolute atomic E-state index is 13.0. The highest BCUT2D eigenvalue weighted by atomic mass is 19.1. The summed E-state index contributed by atoms with van der Waals surface area (Å²) in [7, 11) is 0. The molecule has 3 nitrogen and oxygen atoms in total. The molecule has 1 N–H and O–H groups in total. The number of carbonyl (C=O) groups excluding carboxylic acids is 1. The number of benzene rings is 2. The monoisotopic (exact) mass is 355 g/mol. The van der Waals surface area contributed by atoms with E-state index in [-0.39, 0.29) is 17.8 Å². The largest absolute Gasteiger partial charge is 0.481 e. The lowest BCUT2D eigenvalue weighted by Crippen LogP contribution is -2.38. The van der Waals surface area contributed by atoms with Crippen LogP contribution in [-0.2, 0) is 17.6 Å². The number of nitrogens with one attached hydrogen (secondary N) is 1. The van der Waals surface area contributed by atoms with Crippen LogP contribution < -0.4 is 10.1 Å². The van der Waals surface area contributed by atoms with Crippen LogP contribution in [0, 0.1) is 5.82 Å². The Hall–Kier alpha value is -2.36. The minimum absolute atomic E-state index is 0.0333. The molecular formula is C22H26FNO2. The lowest BCUT2D eigenvalue weighted by Gasteiger charge is -2.23. The molecule has 2 atom stereocenters. The van der Waals surface area contributed by atoms with Crippen LogP contribution in [0.25, 0.3) is 0 Å². The summed E-state index contributed by atoms with van der Waals surface area (Å²) < 4.78 is 18.6. The van der Waals surface area contributed by atoms with Crippen molar-refractivity contribution in [3.8, 4) is 5.75 Å². The smallest absolute Gasteiger partial charge is 0.261 e. The fourth-order valence-corrected chi connectivity index (χ4v) is 3.45. The van der Waals surface area contributed by atoms with Crippen LogP contribution in [-0.4, -0.2) is 12.0 Å². The van der Waals surface area contributed by atoms with Gasteiger partial charge >= 0.3 is 0 Å². The third-order valence-electron chi connectivity index (χ3n) is 5.00. The van der Waals surface area contributed by atoms with Gasteiger partial charge in [-0.25, -0.2) is 4.39 Å². The molecule has 26 heavy (non-hydrogen) atoms. The summed E-state index contributed by atoms with van der Waals surface area (Å²) in [6.07, 6.45) is 4.94. The van der Waals surface area contributed by atoms with E-state index in [1.165, 1.54) is 48.2 Å². The highest BCUT2D eigenvalue weighted by Crippen LogP contribution is 2.26. The molecule has 0 saturated heterocycles. The summed E-state index contributed by atoms with van der Waals surface area (Å²) in [6, 6.07) is 12.2. The molecule has 0 fully saturated rings. The van der Waals surface area contributed by atoms with Crippen molar-refractivity contribution in [3.63, 3.8) is 0 Å². The predicted molar refractivity (Wildman–Crippen MR) is 101 cm³/mol. The van der Waals surface area contributed by atoms with Gasteiger partial charge in [0.15, 0.2) is 6.10 Å². The molecule has 0 aliphatic heterocycles. The van der Waals surface area contributed by atoms with Gasteiger partial charge in [-0.15, -0.1) is 0 Å². The highest BCUT2D eigenvalue weighted by molar-refractivity contribution is 5.81. The van der Waals surface area contributed by atoms with Gasteiger partial charge in [0.05, 0.1) is 6.04 Å². The lowest BCUT2D eigenvalue weighted by molar-refractivity contribution is -0.128. The molecule has 4 heteroatoms. The number of aryl methyl sites for hydroxylation is 2. The van der Waals surface area contributed by atoms with Crippen LogP contribution in [0.15, 0.2) is 42.5 Å². The molecule has 0 bridgehead atoms. The van der Waals surface area contributed by atoms with Crippen molar-refractivity contribution >= 4 is 5.91 Å². The summed E-state index contributed by atoms with van der Waals surface area (Å²) in [5.41, 5.74) is 4.00. The van der Waals surface area contributed by atoms with E-state index in [2.05, 4.69) is 30.4 Å². The van der Waals surface area contributed by atoms with Crippen molar-refractivity contribution in [2.45, 2.75) is 58.1 Å². The Labute approximate surface area is 154 Å². The minimum atomic E-state index is -0.646. The van der Waals surface area contributed by atoms with Crippen molar-refractivity contribution in [3.05, 3.63) is 65.0 Å². The molecule has 138 valence electrons. The number of amides is 1. The molecule has 0 spiro atoms. The molecule has 1 aliphatic carbocycles. The van der Waals surface area contributed by atoms with E-state index in [0.29, 0.717) is 5.75 Å². The molecule has 0 radical (unpaired) electrons. The van der Waals surface area contributed by atoms with Crippen molar-refractivity contribution in [1.29, 1.82) is 0 Å². The third kappa shape index (κ3) is 4.43. The molecule has 0 heterocycles. The van der Waals surface area contributed by atoms with Gasteiger partial charge in [0.25, 0.3) is 5.91 Å². The van der Waals surface area contributed by atoms with E-state index < -0.39 is 6.10 Å². The van der Waals surface area contributed by atoms with Crippen LogP contribution in [0.4, 0.5) is 4.39 Å². The number of hydrogen-bond acceptors (Lipinski definition) is 2. The molecule has 0 aromatic heterocycles. The number of carbonyl (C=O) groups is 1. The van der Waals surface area contributed by atoms with Gasteiger partial charge in [-0.05, 0) is 80.0 Å². The Kier molecular flexibility index (Phi) is 5.92. The Bertz CT molecular complexity index is 757. The summed E-state index contributed by atoms with van der Waals surface area (Å²) in [6.45, 7) is 3.77. The Morgan fingerprint density at radius 2 is 1.81 bits per heavy atom. The second kappa shape index (κ2) is 8.35. The summed E-state index contributed by atoms with van der Waals surface area (Å²) in [4.78, 5) is 12.5. The van der Waals surface area contributed by atoms with Crippen LogP contribution >= 0.6 is 0 Å². The van der Waals surface area contributed by atoms with Gasteiger partial charge in [-0.2, -0.15) is 0 Å². The van der Waals surface area contributed by atoms with Crippen molar-refractivity contribution < 1.29 is 13.9 Å². The second-order valence-electron chi connectivity index (χ2n) is 6.92. The standard InChI is InChI=1S/C22H26FNO2/c1-3-21(18-9-8-16-6-4-5-7-17(16)14-18)24-22(25)15(2)26-20-12-10-19(23)11-13-20/h8-15,21H,3-7H2,1-2H3,(H,24,25)/t15-,21+/m0/s1. The quantitative estimate of drug-likeness (QED) is 0.813. The molecule has 2 aromatic carbocycles.